The molecule has 0 aliphatic heterocycles. The maximum atomic E-state index is 12.7. The van der Waals surface area contributed by atoms with Gasteiger partial charge in [0.05, 0.1) is 0 Å². The van der Waals surface area contributed by atoms with Crippen molar-refractivity contribution in [3.63, 3.8) is 0 Å². The minimum absolute atomic E-state index is 0.165. The number of primary amides is 1. The monoisotopic (exact) mass is 397 g/mol. The summed E-state index contributed by atoms with van der Waals surface area (Å²) < 4.78 is 43.0. The molecule has 0 fully saturated rings. The smallest absolute Gasteiger partial charge is 0.423 e. The average Bonchev–Trinajstić information content (AvgIpc) is 3.26. The molecule has 0 aliphatic rings. The number of rotatable bonds is 3. The number of hydrogen-bond donors (Lipinski definition) is 4. The second kappa shape index (κ2) is 6.90. The normalized spacial score (nSPS) is 11.2. The highest BCUT2D eigenvalue weighted by Crippen LogP contribution is 2.26. The molecule has 4 amide bonds. The Labute approximate surface area is 152 Å². The van der Waals surface area contributed by atoms with Gasteiger partial charge < -0.3 is 10.2 Å². The van der Waals surface area contributed by atoms with Gasteiger partial charge in [0.2, 0.25) is 11.8 Å². The van der Waals surface area contributed by atoms with Crippen molar-refractivity contribution in [1.82, 2.24) is 20.8 Å². The lowest BCUT2D eigenvalue weighted by atomic mass is 10.2. The number of benzene rings is 1. The van der Waals surface area contributed by atoms with E-state index in [0.717, 1.165) is 12.1 Å². The molecule has 0 radical (unpaired) electrons. The van der Waals surface area contributed by atoms with Crippen molar-refractivity contribution in [2.45, 2.75) is 6.18 Å². The van der Waals surface area contributed by atoms with Crippen LogP contribution in [-0.2, 0) is 4.79 Å². The number of nitrogens with one attached hydrogen (secondary N) is 3. The number of carbonyl (C=O) groups excluding carboxylic acids is 3. The minimum atomic E-state index is -5.31. The summed E-state index contributed by atoms with van der Waals surface area (Å²) in [5.41, 5.74) is 7.38. The Hall–Kier alpha value is -4.10. The number of hydrogen-bond acceptors (Lipinski definition) is 6. The summed E-state index contributed by atoms with van der Waals surface area (Å²) in [6.45, 7) is 0. The van der Waals surface area contributed by atoms with Crippen molar-refractivity contribution in [3.8, 4) is 0 Å². The number of alkyl halides is 3. The average molecular weight is 397 g/mol. The van der Waals surface area contributed by atoms with Crippen LogP contribution in [0.3, 0.4) is 0 Å². The first-order valence-electron chi connectivity index (χ1n) is 7.34. The van der Waals surface area contributed by atoms with Gasteiger partial charge in [0.1, 0.15) is 11.0 Å². The number of aromatic nitrogens is 3. The van der Waals surface area contributed by atoms with Crippen LogP contribution in [0.15, 0.2) is 34.7 Å². The van der Waals surface area contributed by atoms with Crippen LogP contribution in [0.2, 0.25) is 0 Å². The number of anilines is 2. The molecule has 0 atom stereocenters. The van der Waals surface area contributed by atoms with E-state index in [1.807, 2.05) is 0 Å². The number of fused-ring (bicyclic) bond motifs is 1. The van der Waals surface area contributed by atoms with E-state index in [4.69, 9.17) is 10.2 Å². The third-order valence-electron chi connectivity index (χ3n) is 3.30. The van der Waals surface area contributed by atoms with Gasteiger partial charge in [-0.2, -0.15) is 33.6 Å². The Kier molecular flexibility index (Phi) is 4.60. The fourth-order valence-electron chi connectivity index (χ4n) is 2.12. The number of furan rings is 1. The zero-order valence-electron chi connectivity index (χ0n) is 13.6. The predicted octanol–water partition coefficient (Wildman–Crippen LogP) is 1.28. The fourth-order valence-corrected chi connectivity index (χ4v) is 2.12. The zero-order valence-corrected chi connectivity index (χ0v) is 13.6. The van der Waals surface area contributed by atoms with Crippen molar-refractivity contribution in [1.29, 1.82) is 0 Å². The SMILES string of the molecule is NC(=O)NN(C(=O)C(F)(F)F)c1ccc(NC(=O)c2ccc3n[nH]nc3c2)o1. The molecule has 3 rings (SSSR count). The van der Waals surface area contributed by atoms with Crippen LogP contribution in [0, 0.1) is 0 Å². The Morgan fingerprint density at radius 2 is 1.82 bits per heavy atom. The molecule has 2 aromatic heterocycles. The van der Waals surface area contributed by atoms with Crippen molar-refractivity contribution in [3.05, 3.63) is 35.9 Å². The maximum absolute atomic E-state index is 12.7. The molecule has 14 heteroatoms. The number of halogens is 3. The lowest BCUT2D eigenvalue weighted by molar-refractivity contribution is -0.171. The number of nitrogens with two attached hydrogens (primary N) is 1. The van der Waals surface area contributed by atoms with Gasteiger partial charge in [-0.15, -0.1) is 0 Å². The van der Waals surface area contributed by atoms with E-state index in [1.54, 1.807) is 0 Å². The van der Waals surface area contributed by atoms with Gasteiger partial charge in [-0.3, -0.25) is 14.9 Å². The molecule has 0 bridgehead atoms. The van der Waals surface area contributed by atoms with Crippen molar-refractivity contribution < 1.29 is 32.0 Å². The highest BCUT2D eigenvalue weighted by atomic mass is 19.4. The van der Waals surface area contributed by atoms with Gasteiger partial charge in [0, 0.05) is 17.7 Å². The molecule has 1 aromatic carbocycles. The predicted molar refractivity (Wildman–Crippen MR) is 86.8 cm³/mol. The number of nitrogens with zero attached hydrogens (tertiary/aromatic N) is 3. The zero-order chi connectivity index (χ0) is 20.5. The highest BCUT2D eigenvalue weighted by molar-refractivity contribution is 6.05. The molecule has 0 aliphatic carbocycles. The third kappa shape index (κ3) is 3.84. The van der Waals surface area contributed by atoms with Gasteiger partial charge >= 0.3 is 18.1 Å². The van der Waals surface area contributed by atoms with Crippen molar-refractivity contribution in [2.75, 3.05) is 10.3 Å². The first kappa shape index (κ1) is 18.7. The first-order chi connectivity index (χ1) is 13.1. The number of aromatic amines is 1. The summed E-state index contributed by atoms with van der Waals surface area (Å²) in [6.07, 6.45) is -5.31. The van der Waals surface area contributed by atoms with Gasteiger partial charge in [-0.05, 0) is 18.2 Å². The molecular weight excluding hydrogens is 387 g/mol. The number of hydrazine groups is 1. The summed E-state index contributed by atoms with van der Waals surface area (Å²) in [6, 6.07) is 4.98. The quantitative estimate of drug-likeness (QED) is 0.487. The lowest BCUT2D eigenvalue weighted by Crippen LogP contribution is -2.53. The van der Waals surface area contributed by atoms with E-state index < -0.39 is 29.9 Å². The molecule has 146 valence electrons. The first-order valence-corrected chi connectivity index (χ1v) is 7.34. The Balaban J connectivity index is 1.80. The van der Waals surface area contributed by atoms with Gasteiger partial charge in [-0.1, -0.05) is 0 Å². The number of carbonyl (C=O) groups is 3. The molecule has 0 saturated carbocycles. The van der Waals surface area contributed by atoms with Crippen LogP contribution in [-0.4, -0.2) is 39.4 Å². The van der Waals surface area contributed by atoms with Crippen molar-refractivity contribution >= 4 is 40.6 Å². The van der Waals surface area contributed by atoms with Crippen LogP contribution in [0.4, 0.5) is 29.7 Å². The van der Waals surface area contributed by atoms with E-state index in [2.05, 4.69) is 20.7 Å². The van der Waals surface area contributed by atoms with Crippen LogP contribution in [0.1, 0.15) is 10.4 Å². The molecule has 11 nitrogen and oxygen atoms in total. The van der Waals surface area contributed by atoms with E-state index in [-0.39, 0.29) is 16.5 Å². The summed E-state index contributed by atoms with van der Waals surface area (Å²) >= 11 is 0. The van der Waals surface area contributed by atoms with Crippen LogP contribution < -0.4 is 21.5 Å². The molecule has 5 N–H and O–H groups in total. The van der Waals surface area contributed by atoms with Crippen molar-refractivity contribution in [2.24, 2.45) is 5.73 Å². The Morgan fingerprint density at radius 3 is 2.50 bits per heavy atom. The second-order valence-electron chi connectivity index (χ2n) is 5.23. The molecular formula is C14H10F3N7O4. The lowest BCUT2D eigenvalue weighted by Gasteiger charge is -2.20. The molecule has 0 spiro atoms. The van der Waals surface area contributed by atoms with E-state index in [1.165, 1.54) is 23.6 Å². The Morgan fingerprint density at radius 1 is 1.11 bits per heavy atom. The molecule has 2 heterocycles. The van der Waals surface area contributed by atoms with Gasteiger partial charge in [0.25, 0.3) is 5.91 Å². The molecule has 0 saturated heterocycles. The van der Waals surface area contributed by atoms with Crippen LogP contribution in [0.5, 0.6) is 0 Å². The van der Waals surface area contributed by atoms with Crippen LogP contribution in [0.25, 0.3) is 11.0 Å². The summed E-state index contributed by atoms with van der Waals surface area (Å²) in [4.78, 5) is 34.6. The molecule has 28 heavy (non-hydrogen) atoms. The summed E-state index contributed by atoms with van der Waals surface area (Å²) in [5, 5.41) is 12.1. The van der Waals surface area contributed by atoms with E-state index in [9.17, 15) is 27.6 Å². The Bertz CT molecular complexity index is 1060. The summed E-state index contributed by atoms with van der Waals surface area (Å²) in [5.74, 6) is -4.12. The summed E-state index contributed by atoms with van der Waals surface area (Å²) in [7, 11) is 0. The molecule has 0 unspecified atom stereocenters. The fraction of sp³-hybridized carbons (Fsp3) is 0.0714. The molecule has 3 aromatic rings. The topological polar surface area (TPSA) is 159 Å². The third-order valence-corrected chi connectivity index (χ3v) is 3.30. The number of urea groups is 1. The van der Waals surface area contributed by atoms with E-state index >= 15 is 0 Å². The highest BCUT2D eigenvalue weighted by Gasteiger charge is 2.45. The van der Waals surface area contributed by atoms with Gasteiger partial charge in [-0.25, -0.2) is 10.2 Å². The van der Waals surface area contributed by atoms with Crippen LogP contribution >= 0.6 is 0 Å². The number of amides is 4. The maximum Gasteiger partial charge on any atom is 0.473 e. The minimum Gasteiger partial charge on any atom is -0.423 e. The standard InChI is InChI=1S/C14H10F3N7O4/c15-14(16,17)12(26)24(22-13(18)27)10-4-3-9(28-10)19-11(25)6-1-2-7-8(5-6)21-23-20-7/h1-5H,(H,19,25)(H3,18,22,27)(H,20,21,23). The van der Waals surface area contributed by atoms with E-state index in [0.29, 0.717) is 11.0 Å². The van der Waals surface area contributed by atoms with Gasteiger partial charge in [0.15, 0.2) is 0 Å². The number of H-pyrrole nitrogens is 1. The largest absolute Gasteiger partial charge is 0.473 e. The second-order valence-corrected chi connectivity index (χ2v) is 5.23.